The van der Waals surface area contributed by atoms with Crippen LogP contribution in [0.2, 0.25) is 0 Å². The molecule has 1 rings (SSSR count). The molecule has 0 radical (unpaired) electrons. The van der Waals surface area contributed by atoms with Gasteiger partial charge in [0.1, 0.15) is 12.6 Å². The third-order valence-corrected chi connectivity index (χ3v) is 4.23. The molecule has 9 heteroatoms. The molecule has 0 spiro atoms. The van der Waals surface area contributed by atoms with Crippen LogP contribution in [0.25, 0.3) is 0 Å². The topological polar surface area (TPSA) is 60.9 Å². The SMILES string of the molecule is CCCC1SCC(C(=O)O)N1C(=O)N(C)CC(F)(F)F. The Morgan fingerprint density at radius 3 is 2.50 bits per heavy atom. The van der Waals surface area contributed by atoms with E-state index in [9.17, 15) is 22.8 Å². The van der Waals surface area contributed by atoms with Crippen molar-refractivity contribution < 1.29 is 27.9 Å². The molecular formula is C11H17F3N2O3S. The number of urea groups is 1. The zero-order valence-corrected chi connectivity index (χ0v) is 12.0. The second-order valence-corrected chi connectivity index (χ2v) is 5.80. The summed E-state index contributed by atoms with van der Waals surface area (Å²) in [6.07, 6.45) is -3.23. The summed E-state index contributed by atoms with van der Waals surface area (Å²) in [6.45, 7) is 0.481. The summed E-state index contributed by atoms with van der Waals surface area (Å²) in [5, 5.41) is 8.70. The lowest BCUT2D eigenvalue weighted by atomic mass is 10.2. The van der Waals surface area contributed by atoms with Crippen LogP contribution >= 0.6 is 11.8 Å². The first-order chi connectivity index (χ1) is 9.17. The lowest BCUT2D eigenvalue weighted by Crippen LogP contribution is -2.52. The van der Waals surface area contributed by atoms with Crippen molar-refractivity contribution in [2.75, 3.05) is 19.3 Å². The number of carbonyl (C=O) groups excluding carboxylic acids is 1. The van der Waals surface area contributed by atoms with E-state index < -0.39 is 30.8 Å². The maximum Gasteiger partial charge on any atom is 0.406 e. The molecule has 1 aliphatic rings. The molecule has 1 heterocycles. The predicted molar refractivity (Wildman–Crippen MR) is 68.5 cm³/mol. The van der Waals surface area contributed by atoms with Gasteiger partial charge >= 0.3 is 18.2 Å². The Labute approximate surface area is 119 Å². The lowest BCUT2D eigenvalue weighted by Gasteiger charge is -2.31. The Balaban J connectivity index is 2.85. The van der Waals surface area contributed by atoms with E-state index in [1.54, 1.807) is 0 Å². The summed E-state index contributed by atoms with van der Waals surface area (Å²) in [4.78, 5) is 24.8. The fraction of sp³-hybridized carbons (Fsp3) is 0.818. The largest absolute Gasteiger partial charge is 0.480 e. The van der Waals surface area contributed by atoms with Gasteiger partial charge in [0.05, 0.1) is 5.37 Å². The predicted octanol–water partition coefficient (Wildman–Crippen LogP) is 2.23. The molecule has 0 bridgehead atoms. The first-order valence-electron chi connectivity index (χ1n) is 6.12. The third kappa shape index (κ3) is 4.19. The fourth-order valence-corrected chi connectivity index (χ4v) is 3.52. The van der Waals surface area contributed by atoms with Gasteiger partial charge < -0.3 is 10.0 Å². The van der Waals surface area contributed by atoms with E-state index >= 15 is 0 Å². The molecular weight excluding hydrogens is 297 g/mol. The number of hydrogen-bond donors (Lipinski definition) is 1. The first kappa shape index (κ1) is 16.9. The molecule has 1 aliphatic heterocycles. The van der Waals surface area contributed by atoms with Crippen LogP contribution in [-0.2, 0) is 4.79 Å². The number of thioether (sulfide) groups is 1. The van der Waals surface area contributed by atoms with Crippen molar-refractivity contribution in [3.05, 3.63) is 0 Å². The van der Waals surface area contributed by atoms with E-state index in [4.69, 9.17) is 5.11 Å². The van der Waals surface area contributed by atoms with Crippen LogP contribution in [0.15, 0.2) is 0 Å². The summed E-state index contributed by atoms with van der Waals surface area (Å²) >= 11 is 1.29. The summed E-state index contributed by atoms with van der Waals surface area (Å²) in [5.41, 5.74) is 0. The Morgan fingerprint density at radius 2 is 2.05 bits per heavy atom. The normalized spacial score (nSPS) is 22.9. The maximum atomic E-state index is 12.3. The molecule has 2 amide bonds. The molecule has 5 nitrogen and oxygen atoms in total. The minimum absolute atomic E-state index is 0.200. The zero-order valence-electron chi connectivity index (χ0n) is 11.2. The minimum Gasteiger partial charge on any atom is -0.480 e. The van der Waals surface area contributed by atoms with Gasteiger partial charge in [-0.25, -0.2) is 9.59 Å². The van der Waals surface area contributed by atoms with Gasteiger partial charge in [0.15, 0.2) is 0 Å². The summed E-state index contributed by atoms with van der Waals surface area (Å²) in [7, 11) is 1.03. The van der Waals surface area contributed by atoms with Crippen molar-refractivity contribution in [2.24, 2.45) is 0 Å². The first-order valence-corrected chi connectivity index (χ1v) is 7.16. The maximum absolute atomic E-state index is 12.3. The molecule has 0 aromatic heterocycles. The number of carboxylic acids is 1. The van der Waals surface area contributed by atoms with Crippen molar-refractivity contribution in [1.82, 2.24) is 9.80 Å². The molecule has 0 aliphatic carbocycles. The average molecular weight is 314 g/mol. The Kier molecular flexibility index (Phi) is 5.55. The smallest absolute Gasteiger partial charge is 0.406 e. The van der Waals surface area contributed by atoms with Gasteiger partial charge in [-0.1, -0.05) is 13.3 Å². The zero-order chi connectivity index (χ0) is 15.5. The molecule has 1 fully saturated rings. The number of rotatable bonds is 4. The van der Waals surface area contributed by atoms with Gasteiger partial charge in [-0.05, 0) is 6.42 Å². The average Bonchev–Trinajstić information content (AvgIpc) is 2.70. The second-order valence-electron chi connectivity index (χ2n) is 4.59. The van der Waals surface area contributed by atoms with Gasteiger partial charge in [0.2, 0.25) is 0 Å². The number of alkyl halides is 3. The van der Waals surface area contributed by atoms with E-state index in [0.29, 0.717) is 11.3 Å². The highest BCUT2D eigenvalue weighted by Crippen LogP contribution is 2.33. The van der Waals surface area contributed by atoms with E-state index in [2.05, 4.69) is 0 Å². The molecule has 0 aromatic carbocycles. The highest BCUT2D eigenvalue weighted by atomic mass is 32.2. The summed E-state index contributed by atoms with van der Waals surface area (Å²) in [6, 6.07) is -1.96. The van der Waals surface area contributed by atoms with Crippen LogP contribution in [0.4, 0.5) is 18.0 Å². The number of carboxylic acid groups (broad SMARTS) is 1. The molecule has 1 N–H and O–H groups in total. The number of aliphatic carboxylic acids is 1. The van der Waals surface area contributed by atoms with Gasteiger partial charge in [-0.3, -0.25) is 4.90 Å². The molecule has 1 saturated heterocycles. The van der Waals surface area contributed by atoms with Crippen molar-refractivity contribution in [3.8, 4) is 0 Å². The van der Waals surface area contributed by atoms with E-state index in [1.165, 1.54) is 11.8 Å². The number of carbonyl (C=O) groups is 2. The Bertz CT molecular complexity index is 378. The molecule has 2 atom stereocenters. The standard InChI is InChI=1S/C11H17F3N2O3S/c1-3-4-8-16(7(5-20-8)9(17)18)10(19)15(2)6-11(12,13)14/h7-8H,3-6H2,1-2H3,(H,17,18). The second kappa shape index (κ2) is 6.55. The van der Waals surface area contributed by atoms with Crippen LogP contribution in [0.1, 0.15) is 19.8 Å². The van der Waals surface area contributed by atoms with Crippen molar-refractivity contribution >= 4 is 23.8 Å². The van der Waals surface area contributed by atoms with Crippen LogP contribution in [-0.4, -0.2) is 63.8 Å². The highest BCUT2D eigenvalue weighted by molar-refractivity contribution is 8.00. The van der Waals surface area contributed by atoms with E-state index in [-0.39, 0.29) is 11.1 Å². The van der Waals surface area contributed by atoms with Crippen molar-refractivity contribution in [3.63, 3.8) is 0 Å². The van der Waals surface area contributed by atoms with Crippen LogP contribution in [0, 0.1) is 0 Å². The van der Waals surface area contributed by atoms with E-state index in [1.807, 2.05) is 6.92 Å². The molecule has 20 heavy (non-hydrogen) atoms. The van der Waals surface area contributed by atoms with E-state index in [0.717, 1.165) is 18.4 Å². The molecule has 116 valence electrons. The number of halogens is 3. The Hall–Kier alpha value is -1.12. The summed E-state index contributed by atoms with van der Waals surface area (Å²) < 4.78 is 37.0. The van der Waals surface area contributed by atoms with Crippen molar-refractivity contribution in [2.45, 2.75) is 37.4 Å². The van der Waals surface area contributed by atoms with Gasteiger partial charge in [0, 0.05) is 12.8 Å². The molecule has 0 aromatic rings. The summed E-state index contributed by atoms with van der Waals surface area (Å²) in [5.74, 6) is -0.990. The number of nitrogens with zero attached hydrogens (tertiary/aromatic N) is 2. The van der Waals surface area contributed by atoms with Gasteiger partial charge in [-0.2, -0.15) is 13.2 Å². The minimum atomic E-state index is -4.50. The van der Waals surface area contributed by atoms with Gasteiger partial charge in [0.25, 0.3) is 0 Å². The lowest BCUT2D eigenvalue weighted by molar-refractivity contribution is -0.143. The highest BCUT2D eigenvalue weighted by Gasteiger charge is 2.43. The van der Waals surface area contributed by atoms with Crippen LogP contribution in [0.5, 0.6) is 0 Å². The van der Waals surface area contributed by atoms with Crippen molar-refractivity contribution in [1.29, 1.82) is 0 Å². The Morgan fingerprint density at radius 1 is 1.45 bits per heavy atom. The molecule has 0 saturated carbocycles. The van der Waals surface area contributed by atoms with Crippen LogP contribution < -0.4 is 0 Å². The monoisotopic (exact) mass is 314 g/mol. The fourth-order valence-electron chi connectivity index (χ4n) is 2.01. The quantitative estimate of drug-likeness (QED) is 0.864. The van der Waals surface area contributed by atoms with Crippen LogP contribution in [0.3, 0.4) is 0 Å². The van der Waals surface area contributed by atoms with Gasteiger partial charge in [-0.15, -0.1) is 11.8 Å². The number of hydrogen-bond acceptors (Lipinski definition) is 3. The molecule has 2 unspecified atom stereocenters. The third-order valence-electron chi connectivity index (χ3n) is 2.88. The number of amides is 2.